The van der Waals surface area contributed by atoms with E-state index in [4.69, 9.17) is 4.74 Å². The Kier molecular flexibility index (Phi) is 7.10. The van der Waals surface area contributed by atoms with Gasteiger partial charge in [0.1, 0.15) is 11.4 Å². The predicted molar refractivity (Wildman–Crippen MR) is 135 cm³/mol. The van der Waals surface area contributed by atoms with E-state index in [9.17, 15) is 19.9 Å². The number of amides is 1. The Balaban J connectivity index is 1.73. The van der Waals surface area contributed by atoms with Crippen molar-refractivity contribution in [3.63, 3.8) is 0 Å². The molecule has 36 heavy (non-hydrogen) atoms. The maximum absolute atomic E-state index is 15.5. The molecule has 2 aromatic carbocycles. The molecule has 1 aliphatic rings. The second kappa shape index (κ2) is 10.2. The van der Waals surface area contributed by atoms with Crippen LogP contribution in [0.15, 0.2) is 48.7 Å². The highest BCUT2D eigenvalue weighted by Crippen LogP contribution is 2.39. The fraction of sp³-hybridized carbons (Fsp3) is 0.296. The highest BCUT2D eigenvalue weighted by molar-refractivity contribution is 6.08. The van der Waals surface area contributed by atoms with E-state index in [1.165, 1.54) is 37.3 Å². The van der Waals surface area contributed by atoms with Gasteiger partial charge in [-0.3, -0.25) is 9.59 Å². The minimum Gasteiger partial charge on any atom is -0.618 e. The molecule has 3 aromatic rings. The number of phenols is 1. The Bertz CT molecular complexity index is 1330. The van der Waals surface area contributed by atoms with Gasteiger partial charge < -0.3 is 24.9 Å². The quantitative estimate of drug-likeness (QED) is 0.244. The van der Waals surface area contributed by atoms with Crippen LogP contribution in [0.1, 0.15) is 36.7 Å². The number of anilines is 1. The zero-order valence-electron chi connectivity index (χ0n) is 20.4. The van der Waals surface area contributed by atoms with Crippen LogP contribution in [0.5, 0.6) is 11.5 Å². The number of fused-ring (bicyclic) bond motifs is 1. The molecule has 1 fully saturated rings. The number of rotatable bonds is 6. The van der Waals surface area contributed by atoms with Crippen molar-refractivity contribution in [3.8, 4) is 11.5 Å². The number of aromatic hydroxyl groups is 1. The Morgan fingerprint density at radius 2 is 1.81 bits per heavy atom. The van der Waals surface area contributed by atoms with Gasteiger partial charge in [-0.2, -0.15) is 4.73 Å². The Hall–Kier alpha value is -4.14. The molecule has 0 radical (unpaired) electrons. The lowest BCUT2D eigenvalue weighted by Crippen LogP contribution is -2.48. The van der Waals surface area contributed by atoms with E-state index in [2.05, 4.69) is 0 Å². The summed E-state index contributed by atoms with van der Waals surface area (Å²) in [5.74, 6) is -0.808. The number of allylic oxidation sites excluding steroid dienone is 1. The lowest BCUT2D eigenvalue weighted by atomic mass is 10.1. The molecule has 1 aromatic heterocycles. The number of hydrogen-bond donors (Lipinski definition) is 1. The molecule has 9 heteroatoms. The van der Waals surface area contributed by atoms with Crippen molar-refractivity contribution in [1.29, 1.82) is 0 Å². The number of halogens is 1. The van der Waals surface area contributed by atoms with Crippen LogP contribution in [0.25, 0.3) is 17.0 Å². The first-order chi connectivity index (χ1) is 17.1. The second-order valence-electron chi connectivity index (χ2n) is 8.98. The number of ketones is 1. The minimum atomic E-state index is -0.571. The summed E-state index contributed by atoms with van der Waals surface area (Å²) in [6.45, 7) is 6.74. The number of ether oxygens (including phenoxy) is 1. The number of piperazine rings is 1. The smallest absolute Gasteiger partial charge is 0.268 e. The number of aromatic nitrogens is 1. The Morgan fingerprint density at radius 1 is 1.14 bits per heavy atom. The van der Waals surface area contributed by atoms with Gasteiger partial charge in [-0.25, -0.2) is 4.39 Å². The fourth-order valence-electron chi connectivity index (χ4n) is 4.23. The van der Waals surface area contributed by atoms with E-state index in [-0.39, 0.29) is 45.7 Å². The zero-order chi connectivity index (χ0) is 26.0. The maximum atomic E-state index is 15.5. The Labute approximate surface area is 208 Å². The van der Waals surface area contributed by atoms with Gasteiger partial charge in [0.05, 0.1) is 17.1 Å². The number of carbonyl (C=O) groups excluding carboxylic acids is 2. The van der Waals surface area contributed by atoms with Crippen molar-refractivity contribution < 1.29 is 28.6 Å². The largest absolute Gasteiger partial charge is 0.618 e. The summed E-state index contributed by atoms with van der Waals surface area (Å²) in [6.07, 6.45) is 3.72. The first kappa shape index (κ1) is 25.0. The second-order valence-corrected chi connectivity index (χ2v) is 8.98. The molecule has 1 saturated heterocycles. The molecule has 0 unspecified atom stereocenters. The van der Waals surface area contributed by atoms with Crippen molar-refractivity contribution in [2.45, 2.75) is 26.9 Å². The summed E-state index contributed by atoms with van der Waals surface area (Å²) >= 11 is 0. The topological polar surface area (TPSA) is 97.0 Å². The number of nitrogens with zero attached hydrogens (tertiary/aromatic N) is 3. The molecular weight excluding hydrogens is 465 g/mol. The molecular formula is C27H28FN3O5. The van der Waals surface area contributed by atoms with Gasteiger partial charge in [0.25, 0.3) is 5.52 Å². The number of phenolic OH excluding ortho intramolecular Hbond substituents is 1. The molecule has 1 N–H and O–H groups in total. The molecule has 1 amide bonds. The molecule has 0 spiro atoms. The van der Waals surface area contributed by atoms with E-state index < -0.39 is 11.6 Å². The van der Waals surface area contributed by atoms with Gasteiger partial charge in [0, 0.05) is 33.1 Å². The van der Waals surface area contributed by atoms with E-state index >= 15 is 4.39 Å². The lowest BCUT2D eigenvalue weighted by molar-refractivity contribution is -0.577. The van der Waals surface area contributed by atoms with Crippen molar-refractivity contribution in [2.75, 3.05) is 31.1 Å². The number of benzene rings is 2. The molecule has 0 atom stereocenters. The van der Waals surface area contributed by atoms with E-state index in [0.29, 0.717) is 36.5 Å². The molecule has 0 aliphatic carbocycles. The summed E-state index contributed by atoms with van der Waals surface area (Å²) < 4.78 is 22.0. The molecule has 188 valence electrons. The van der Waals surface area contributed by atoms with E-state index in [1.807, 2.05) is 0 Å². The van der Waals surface area contributed by atoms with Gasteiger partial charge >= 0.3 is 0 Å². The molecule has 1 aliphatic heterocycles. The fourth-order valence-corrected chi connectivity index (χ4v) is 4.23. The highest BCUT2D eigenvalue weighted by atomic mass is 19.1. The van der Waals surface area contributed by atoms with Gasteiger partial charge in [0.15, 0.2) is 17.8 Å². The minimum absolute atomic E-state index is 0.0404. The first-order valence-electron chi connectivity index (χ1n) is 11.7. The van der Waals surface area contributed by atoms with Crippen LogP contribution in [0, 0.1) is 11.0 Å². The number of pyridine rings is 1. The number of hydrogen-bond acceptors (Lipinski definition) is 6. The third kappa shape index (κ3) is 5.25. The monoisotopic (exact) mass is 493 g/mol. The van der Waals surface area contributed by atoms with Crippen LogP contribution in [-0.2, 0) is 4.79 Å². The van der Waals surface area contributed by atoms with Crippen LogP contribution in [0.2, 0.25) is 0 Å². The zero-order valence-corrected chi connectivity index (χ0v) is 20.4. The van der Waals surface area contributed by atoms with Crippen molar-refractivity contribution in [2.24, 2.45) is 0 Å². The average molecular weight is 494 g/mol. The van der Waals surface area contributed by atoms with Gasteiger partial charge in [-0.15, -0.1) is 0 Å². The van der Waals surface area contributed by atoms with E-state index in [0.717, 1.165) is 6.20 Å². The summed E-state index contributed by atoms with van der Waals surface area (Å²) in [5, 5.41) is 22.8. The maximum Gasteiger partial charge on any atom is 0.268 e. The summed E-state index contributed by atoms with van der Waals surface area (Å²) in [4.78, 5) is 27.9. The summed E-state index contributed by atoms with van der Waals surface area (Å²) in [7, 11) is 0. The van der Waals surface area contributed by atoms with Crippen LogP contribution in [0.4, 0.5) is 10.1 Å². The predicted octanol–water partition coefficient (Wildman–Crippen LogP) is 3.67. The average Bonchev–Trinajstić information content (AvgIpc) is 2.83. The normalized spacial score (nSPS) is 14.1. The first-order valence-corrected chi connectivity index (χ1v) is 11.7. The standard InChI is InChI=1S/C27H28FN3O5/c1-17(2)36-27-25-20(15-23(28)26(27)30-12-10-29(11-13-30)18(3)32)14-21(16-31(25)35)24(34)9-6-19-4-7-22(33)8-5-19/h4-9,14-17,33H,10-13H2,1-3H3. The molecule has 0 bridgehead atoms. The summed E-state index contributed by atoms with van der Waals surface area (Å²) in [6, 6.07) is 9.02. The molecule has 4 rings (SSSR count). The molecule has 0 saturated carbocycles. The third-order valence-electron chi connectivity index (χ3n) is 6.00. The SMILES string of the molecule is CC(=O)N1CCN(c2c(F)cc3cc(C(=O)C=Cc4ccc(O)cc4)c[n+]([O-])c3c2OC(C)C)CC1. The third-order valence-corrected chi connectivity index (χ3v) is 6.00. The van der Waals surface area contributed by atoms with Crippen LogP contribution < -0.4 is 14.4 Å². The van der Waals surface area contributed by atoms with Crippen molar-refractivity contribution in [1.82, 2.24) is 4.90 Å². The van der Waals surface area contributed by atoms with Gasteiger partial charge in [0.2, 0.25) is 11.7 Å². The van der Waals surface area contributed by atoms with E-state index in [1.54, 1.807) is 41.9 Å². The number of carbonyl (C=O) groups is 2. The Morgan fingerprint density at radius 3 is 2.42 bits per heavy atom. The van der Waals surface area contributed by atoms with Gasteiger partial charge in [-0.1, -0.05) is 18.2 Å². The van der Waals surface area contributed by atoms with Crippen molar-refractivity contribution in [3.05, 3.63) is 70.8 Å². The lowest BCUT2D eigenvalue weighted by Gasteiger charge is -2.36. The summed E-state index contributed by atoms with van der Waals surface area (Å²) in [5.41, 5.74) is 1.11. The van der Waals surface area contributed by atoms with Crippen LogP contribution >= 0.6 is 0 Å². The van der Waals surface area contributed by atoms with Crippen LogP contribution in [0.3, 0.4) is 0 Å². The molecule has 2 heterocycles. The highest BCUT2D eigenvalue weighted by Gasteiger charge is 2.29. The van der Waals surface area contributed by atoms with Gasteiger partial charge in [-0.05, 0) is 49.8 Å². The molecule has 8 nitrogen and oxygen atoms in total. The van der Waals surface area contributed by atoms with Crippen LogP contribution in [-0.4, -0.2) is 54.0 Å². The van der Waals surface area contributed by atoms with Crippen molar-refractivity contribution >= 4 is 34.4 Å².